The summed E-state index contributed by atoms with van der Waals surface area (Å²) in [5.41, 5.74) is 8.32. The van der Waals surface area contributed by atoms with Gasteiger partial charge in [0, 0.05) is 24.7 Å². The summed E-state index contributed by atoms with van der Waals surface area (Å²) in [5.74, 6) is 1.34. The van der Waals surface area contributed by atoms with Crippen molar-refractivity contribution in [2.24, 2.45) is 5.92 Å². The maximum atomic E-state index is 10.1. The molecule has 1 aliphatic rings. The fourth-order valence-electron chi connectivity index (χ4n) is 3.51. The van der Waals surface area contributed by atoms with Gasteiger partial charge in [0.2, 0.25) is 0 Å². The highest BCUT2D eigenvalue weighted by molar-refractivity contribution is 5.74. The second-order valence-electron chi connectivity index (χ2n) is 7.05. The van der Waals surface area contributed by atoms with Gasteiger partial charge in [-0.05, 0) is 58.0 Å². The number of benzene rings is 1. The second-order valence-corrected chi connectivity index (χ2v) is 7.05. The molecule has 2 heterocycles. The SMILES string of the molecule is C[C@H](C1CCN(c2cc(-c3ccccc3O)nnc2N)CC1)N(C)C. The molecule has 25 heavy (non-hydrogen) atoms. The number of hydrogen-bond donors (Lipinski definition) is 2. The Morgan fingerprint density at radius 2 is 1.88 bits per heavy atom. The highest BCUT2D eigenvalue weighted by atomic mass is 16.3. The first-order valence-electron chi connectivity index (χ1n) is 8.80. The number of nitrogens with zero attached hydrogens (tertiary/aromatic N) is 4. The van der Waals surface area contributed by atoms with E-state index in [0.717, 1.165) is 31.6 Å². The van der Waals surface area contributed by atoms with Gasteiger partial charge in [0.25, 0.3) is 0 Å². The number of hydrogen-bond acceptors (Lipinski definition) is 6. The van der Waals surface area contributed by atoms with Gasteiger partial charge in [-0.1, -0.05) is 12.1 Å². The Kier molecular flexibility index (Phi) is 5.08. The summed E-state index contributed by atoms with van der Waals surface area (Å²) in [6.07, 6.45) is 2.26. The third-order valence-corrected chi connectivity index (χ3v) is 5.36. The lowest BCUT2D eigenvalue weighted by molar-refractivity contribution is 0.199. The lowest BCUT2D eigenvalue weighted by atomic mass is 9.89. The molecule has 1 atom stereocenters. The zero-order valence-electron chi connectivity index (χ0n) is 15.2. The quantitative estimate of drug-likeness (QED) is 0.890. The molecule has 0 spiro atoms. The molecule has 1 aliphatic heterocycles. The maximum Gasteiger partial charge on any atom is 0.169 e. The standard InChI is InChI=1S/C19H27N5O/c1-13(23(2)3)14-8-10-24(11-9-14)17-12-16(21-22-19(17)20)15-6-4-5-7-18(15)25/h4-7,12-14,25H,8-11H2,1-3H3,(H2,20,22)/t13-/m1/s1. The molecular weight excluding hydrogens is 314 g/mol. The van der Waals surface area contributed by atoms with Gasteiger partial charge >= 0.3 is 0 Å². The summed E-state index contributed by atoms with van der Waals surface area (Å²) in [6, 6.07) is 9.67. The zero-order chi connectivity index (χ0) is 18.0. The molecule has 0 bridgehead atoms. The lowest BCUT2D eigenvalue weighted by Crippen LogP contribution is -2.41. The van der Waals surface area contributed by atoms with Crippen LogP contribution in [0.2, 0.25) is 0 Å². The molecule has 1 aromatic heterocycles. The van der Waals surface area contributed by atoms with Crippen molar-refractivity contribution in [2.45, 2.75) is 25.8 Å². The fraction of sp³-hybridized carbons (Fsp3) is 0.474. The van der Waals surface area contributed by atoms with E-state index in [-0.39, 0.29) is 5.75 Å². The third kappa shape index (κ3) is 3.69. The van der Waals surface area contributed by atoms with Crippen LogP contribution in [0.4, 0.5) is 11.5 Å². The molecular formula is C19H27N5O. The normalized spacial score (nSPS) is 17.0. The molecule has 0 saturated carbocycles. The molecule has 0 aliphatic carbocycles. The molecule has 1 fully saturated rings. The Labute approximate surface area is 149 Å². The second kappa shape index (κ2) is 7.27. The number of phenols is 1. The summed E-state index contributed by atoms with van der Waals surface area (Å²) in [5, 5.41) is 18.3. The minimum atomic E-state index is 0.200. The van der Waals surface area contributed by atoms with Crippen LogP contribution in [0.25, 0.3) is 11.3 Å². The monoisotopic (exact) mass is 341 g/mol. The summed E-state index contributed by atoms with van der Waals surface area (Å²) >= 11 is 0. The van der Waals surface area contributed by atoms with E-state index in [9.17, 15) is 5.11 Å². The van der Waals surface area contributed by atoms with Crippen molar-refractivity contribution >= 4 is 11.5 Å². The molecule has 1 saturated heterocycles. The number of para-hydroxylation sites is 1. The van der Waals surface area contributed by atoms with Gasteiger partial charge in [-0.2, -0.15) is 0 Å². The van der Waals surface area contributed by atoms with Crippen LogP contribution in [0.5, 0.6) is 5.75 Å². The van der Waals surface area contributed by atoms with Crippen molar-refractivity contribution in [2.75, 3.05) is 37.8 Å². The van der Waals surface area contributed by atoms with Crippen LogP contribution in [0, 0.1) is 5.92 Å². The van der Waals surface area contributed by atoms with E-state index < -0.39 is 0 Å². The van der Waals surface area contributed by atoms with Gasteiger partial charge in [-0.3, -0.25) is 0 Å². The van der Waals surface area contributed by atoms with Crippen LogP contribution in [0.15, 0.2) is 30.3 Å². The summed E-state index contributed by atoms with van der Waals surface area (Å²) in [6.45, 7) is 4.21. The Morgan fingerprint density at radius 1 is 1.20 bits per heavy atom. The van der Waals surface area contributed by atoms with Crippen LogP contribution in [0.1, 0.15) is 19.8 Å². The molecule has 2 aromatic rings. The first kappa shape index (κ1) is 17.5. The summed E-state index contributed by atoms with van der Waals surface area (Å²) in [4.78, 5) is 4.57. The number of anilines is 2. The molecule has 6 nitrogen and oxygen atoms in total. The number of rotatable bonds is 4. The first-order chi connectivity index (χ1) is 12.0. The van der Waals surface area contributed by atoms with E-state index in [2.05, 4.69) is 41.0 Å². The van der Waals surface area contributed by atoms with Gasteiger partial charge in [-0.25, -0.2) is 0 Å². The molecule has 134 valence electrons. The highest BCUT2D eigenvalue weighted by Crippen LogP contribution is 2.33. The largest absolute Gasteiger partial charge is 0.507 e. The van der Waals surface area contributed by atoms with Crippen molar-refractivity contribution in [3.8, 4) is 17.0 Å². The van der Waals surface area contributed by atoms with E-state index in [0.29, 0.717) is 29.0 Å². The summed E-state index contributed by atoms with van der Waals surface area (Å²) in [7, 11) is 4.28. The van der Waals surface area contributed by atoms with Gasteiger partial charge in [0.1, 0.15) is 5.75 Å². The average molecular weight is 341 g/mol. The Hall–Kier alpha value is -2.34. The highest BCUT2D eigenvalue weighted by Gasteiger charge is 2.26. The van der Waals surface area contributed by atoms with Crippen molar-refractivity contribution in [1.29, 1.82) is 0 Å². The fourth-order valence-corrected chi connectivity index (χ4v) is 3.51. The van der Waals surface area contributed by atoms with Crippen molar-refractivity contribution in [1.82, 2.24) is 15.1 Å². The lowest BCUT2D eigenvalue weighted by Gasteiger charge is -2.38. The van der Waals surface area contributed by atoms with E-state index in [1.165, 1.54) is 0 Å². The molecule has 0 radical (unpaired) electrons. The number of nitrogen functional groups attached to an aromatic ring is 1. The molecule has 3 N–H and O–H groups in total. The van der Waals surface area contributed by atoms with E-state index in [1.807, 2.05) is 18.2 Å². The van der Waals surface area contributed by atoms with Crippen LogP contribution < -0.4 is 10.6 Å². The minimum Gasteiger partial charge on any atom is -0.507 e. The maximum absolute atomic E-state index is 10.1. The van der Waals surface area contributed by atoms with Crippen molar-refractivity contribution in [3.05, 3.63) is 30.3 Å². The minimum absolute atomic E-state index is 0.200. The molecule has 0 unspecified atom stereocenters. The van der Waals surface area contributed by atoms with E-state index in [4.69, 9.17) is 5.73 Å². The van der Waals surface area contributed by atoms with Crippen LogP contribution in [-0.4, -0.2) is 53.4 Å². The van der Waals surface area contributed by atoms with E-state index in [1.54, 1.807) is 12.1 Å². The Bertz CT molecular complexity index is 726. The van der Waals surface area contributed by atoms with Gasteiger partial charge in [0.15, 0.2) is 5.82 Å². The first-order valence-corrected chi connectivity index (χ1v) is 8.80. The summed E-state index contributed by atoms with van der Waals surface area (Å²) < 4.78 is 0. The van der Waals surface area contributed by atoms with Gasteiger partial charge < -0.3 is 20.6 Å². The van der Waals surface area contributed by atoms with Crippen LogP contribution in [0.3, 0.4) is 0 Å². The number of aromatic hydroxyl groups is 1. The number of piperidine rings is 1. The van der Waals surface area contributed by atoms with Crippen LogP contribution in [-0.2, 0) is 0 Å². The topological polar surface area (TPSA) is 78.5 Å². The van der Waals surface area contributed by atoms with Crippen molar-refractivity contribution < 1.29 is 5.11 Å². The molecule has 3 rings (SSSR count). The van der Waals surface area contributed by atoms with Gasteiger partial charge in [0.05, 0.1) is 11.4 Å². The average Bonchev–Trinajstić information content (AvgIpc) is 2.62. The number of aromatic nitrogens is 2. The Morgan fingerprint density at radius 3 is 2.52 bits per heavy atom. The number of phenolic OH excluding ortho intramolecular Hbond substituents is 1. The molecule has 0 amide bonds. The predicted molar refractivity (Wildman–Crippen MR) is 102 cm³/mol. The van der Waals surface area contributed by atoms with Gasteiger partial charge in [-0.15, -0.1) is 10.2 Å². The molecule has 1 aromatic carbocycles. The molecule has 6 heteroatoms. The van der Waals surface area contributed by atoms with E-state index >= 15 is 0 Å². The third-order valence-electron chi connectivity index (χ3n) is 5.36. The van der Waals surface area contributed by atoms with Crippen molar-refractivity contribution in [3.63, 3.8) is 0 Å². The number of nitrogens with two attached hydrogens (primary N) is 1. The Balaban J connectivity index is 1.80. The zero-order valence-corrected chi connectivity index (χ0v) is 15.2. The smallest absolute Gasteiger partial charge is 0.169 e. The van der Waals surface area contributed by atoms with Crippen LogP contribution >= 0.6 is 0 Å². The predicted octanol–water partition coefficient (Wildman–Crippen LogP) is 2.60.